The summed E-state index contributed by atoms with van der Waals surface area (Å²) in [5, 5.41) is 9.03. The van der Waals surface area contributed by atoms with E-state index in [9.17, 15) is 13.2 Å². The molecule has 2 aliphatic heterocycles. The lowest BCUT2D eigenvalue weighted by atomic mass is 9.81. The smallest absolute Gasteiger partial charge is 0.243 e. The van der Waals surface area contributed by atoms with Crippen LogP contribution >= 0.6 is 0 Å². The van der Waals surface area contributed by atoms with Gasteiger partial charge in [0.05, 0.1) is 21.9 Å². The van der Waals surface area contributed by atoms with Crippen LogP contribution in [0.4, 0.5) is 5.69 Å². The van der Waals surface area contributed by atoms with Crippen LogP contribution in [0.1, 0.15) is 17.5 Å². The van der Waals surface area contributed by atoms with E-state index < -0.39 is 15.4 Å². The van der Waals surface area contributed by atoms with Gasteiger partial charge in [0, 0.05) is 25.8 Å². The molecule has 0 aliphatic carbocycles. The molecule has 6 nitrogen and oxygen atoms in total. The van der Waals surface area contributed by atoms with Gasteiger partial charge in [-0.25, -0.2) is 8.42 Å². The Labute approximate surface area is 152 Å². The Hall–Kier alpha value is -2.69. The number of carbonyl (C=O) groups is 1. The highest BCUT2D eigenvalue weighted by molar-refractivity contribution is 7.89. The van der Waals surface area contributed by atoms with Crippen molar-refractivity contribution >= 4 is 21.6 Å². The van der Waals surface area contributed by atoms with E-state index in [0.717, 1.165) is 11.3 Å². The summed E-state index contributed by atoms with van der Waals surface area (Å²) in [6, 6.07) is 15.5. The van der Waals surface area contributed by atoms with Crippen LogP contribution < -0.4 is 4.90 Å². The molecule has 0 aromatic heterocycles. The van der Waals surface area contributed by atoms with Crippen molar-refractivity contribution in [1.82, 2.24) is 4.31 Å². The van der Waals surface area contributed by atoms with Gasteiger partial charge in [-0.2, -0.15) is 9.57 Å². The van der Waals surface area contributed by atoms with Crippen LogP contribution in [-0.4, -0.2) is 38.8 Å². The van der Waals surface area contributed by atoms with Crippen LogP contribution in [0.25, 0.3) is 0 Å². The summed E-state index contributed by atoms with van der Waals surface area (Å²) >= 11 is 0. The molecule has 132 valence electrons. The summed E-state index contributed by atoms with van der Waals surface area (Å²) in [4.78, 5) is 14.7. The Balaban J connectivity index is 1.73. The average molecular weight is 367 g/mol. The van der Waals surface area contributed by atoms with Crippen LogP contribution in [0.3, 0.4) is 0 Å². The lowest BCUT2D eigenvalue weighted by Crippen LogP contribution is -2.42. The van der Waals surface area contributed by atoms with Gasteiger partial charge in [0.2, 0.25) is 15.9 Å². The third-order valence-corrected chi connectivity index (χ3v) is 7.17. The Morgan fingerprint density at radius 1 is 1.15 bits per heavy atom. The fourth-order valence-electron chi connectivity index (χ4n) is 3.97. The Morgan fingerprint density at radius 2 is 1.92 bits per heavy atom. The highest BCUT2D eigenvalue weighted by Crippen LogP contribution is 2.47. The second-order valence-electron chi connectivity index (χ2n) is 6.69. The molecule has 0 radical (unpaired) electrons. The largest absolute Gasteiger partial charge is 0.314 e. The van der Waals surface area contributed by atoms with E-state index in [1.807, 2.05) is 30.3 Å². The minimum absolute atomic E-state index is 0.0674. The second kappa shape index (κ2) is 5.66. The number of nitriles is 1. The number of amides is 1. The van der Waals surface area contributed by atoms with Crippen molar-refractivity contribution in [1.29, 1.82) is 5.26 Å². The van der Waals surface area contributed by atoms with Gasteiger partial charge in [0.15, 0.2) is 0 Å². The predicted molar refractivity (Wildman–Crippen MR) is 96.1 cm³/mol. The molecule has 0 bridgehead atoms. The van der Waals surface area contributed by atoms with Crippen molar-refractivity contribution in [2.75, 3.05) is 25.0 Å². The molecule has 7 heteroatoms. The molecule has 0 saturated carbocycles. The Kier molecular flexibility index (Phi) is 3.65. The molecular weight excluding hydrogens is 350 g/mol. The van der Waals surface area contributed by atoms with Gasteiger partial charge < -0.3 is 4.90 Å². The standard InChI is InChI=1S/C19H17N3O3S/c1-21-17-8-3-2-7-16(17)19(18(21)23)9-10-22(13-19)26(24,25)15-6-4-5-14(11-15)12-20/h2-8,11H,9-10,13H2,1H3/t19-/m1/s1. The van der Waals surface area contributed by atoms with Gasteiger partial charge in [-0.3, -0.25) is 4.79 Å². The van der Waals surface area contributed by atoms with Crippen molar-refractivity contribution in [3.8, 4) is 6.07 Å². The lowest BCUT2D eigenvalue weighted by Gasteiger charge is -2.23. The zero-order valence-electron chi connectivity index (χ0n) is 14.2. The molecule has 4 rings (SSSR count). The molecule has 2 heterocycles. The number of carbonyl (C=O) groups excluding carboxylic acids is 1. The van der Waals surface area contributed by atoms with Gasteiger partial charge in [-0.15, -0.1) is 0 Å². The number of para-hydroxylation sites is 1. The van der Waals surface area contributed by atoms with Crippen molar-refractivity contribution in [2.24, 2.45) is 0 Å². The van der Waals surface area contributed by atoms with Crippen molar-refractivity contribution < 1.29 is 13.2 Å². The van der Waals surface area contributed by atoms with E-state index in [-0.39, 0.29) is 23.9 Å². The number of hydrogen-bond donors (Lipinski definition) is 0. The van der Waals surface area contributed by atoms with Crippen LogP contribution in [0, 0.1) is 11.3 Å². The van der Waals surface area contributed by atoms with Crippen LogP contribution in [0.2, 0.25) is 0 Å². The first-order chi connectivity index (χ1) is 12.4. The van der Waals surface area contributed by atoms with Gasteiger partial charge in [0.1, 0.15) is 0 Å². The topological polar surface area (TPSA) is 81.5 Å². The number of sulfonamides is 1. The highest BCUT2D eigenvalue weighted by Gasteiger charge is 2.55. The Morgan fingerprint density at radius 3 is 2.69 bits per heavy atom. The van der Waals surface area contributed by atoms with E-state index in [0.29, 0.717) is 12.0 Å². The summed E-state index contributed by atoms with van der Waals surface area (Å²) in [5.74, 6) is -0.0674. The Bertz CT molecular complexity index is 1060. The number of benzene rings is 2. The maximum Gasteiger partial charge on any atom is 0.243 e. The molecular formula is C19H17N3O3S. The van der Waals surface area contributed by atoms with E-state index in [4.69, 9.17) is 5.26 Å². The molecule has 1 fully saturated rings. The highest BCUT2D eigenvalue weighted by atomic mass is 32.2. The van der Waals surface area contributed by atoms with Gasteiger partial charge in [-0.05, 0) is 36.2 Å². The molecule has 1 spiro atoms. The van der Waals surface area contributed by atoms with Crippen LogP contribution in [-0.2, 0) is 20.2 Å². The van der Waals surface area contributed by atoms with E-state index >= 15 is 0 Å². The quantitative estimate of drug-likeness (QED) is 0.811. The maximum atomic E-state index is 13.0. The number of hydrogen-bond acceptors (Lipinski definition) is 4. The minimum atomic E-state index is -3.77. The molecule has 1 amide bonds. The third kappa shape index (κ3) is 2.19. The lowest BCUT2D eigenvalue weighted by molar-refractivity contribution is -0.122. The minimum Gasteiger partial charge on any atom is -0.314 e. The molecule has 2 aromatic carbocycles. The average Bonchev–Trinajstić information content (AvgIpc) is 3.21. The van der Waals surface area contributed by atoms with Crippen LogP contribution in [0.5, 0.6) is 0 Å². The summed E-state index contributed by atoms with van der Waals surface area (Å²) in [6.45, 7) is 0.388. The normalized spacial score (nSPS) is 22.6. The van der Waals surface area contributed by atoms with E-state index in [2.05, 4.69) is 0 Å². The molecule has 0 N–H and O–H groups in total. The summed E-state index contributed by atoms with van der Waals surface area (Å²) in [5.41, 5.74) is 1.19. The van der Waals surface area contributed by atoms with E-state index in [1.165, 1.54) is 16.4 Å². The van der Waals surface area contributed by atoms with Crippen molar-refractivity contribution in [3.63, 3.8) is 0 Å². The monoisotopic (exact) mass is 367 g/mol. The molecule has 2 aliphatic rings. The van der Waals surface area contributed by atoms with Crippen LogP contribution in [0.15, 0.2) is 53.4 Å². The maximum absolute atomic E-state index is 13.0. The molecule has 26 heavy (non-hydrogen) atoms. The molecule has 1 saturated heterocycles. The number of anilines is 1. The van der Waals surface area contributed by atoms with Crippen molar-refractivity contribution in [3.05, 3.63) is 59.7 Å². The number of likely N-dealkylation sites (N-methyl/N-ethyl adjacent to an activating group) is 1. The second-order valence-corrected chi connectivity index (χ2v) is 8.63. The third-order valence-electron chi connectivity index (χ3n) is 5.33. The fraction of sp³-hybridized carbons (Fsp3) is 0.263. The fourth-order valence-corrected chi connectivity index (χ4v) is 5.51. The summed E-state index contributed by atoms with van der Waals surface area (Å²) in [7, 11) is -2.04. The van der Waals surface area contributed by atoms with Gasteiger partial charge >= 0.3 is 0 Å². The number of nitrogens with zero attached hydrogens (tertiary/aromatic N) is 3. The van der Waals surface area contributed by atoms with Gasteiger partial charge in [0.25, 0.3) is 0 Å². The number of fused-ring (bicyclic) bond motifs is 2. The molecule has 0 unspecified atom stereocenters. The molecule has 2 aromatic rings. The molecule has 1 atom stereocenters. The van der Waals surface area contributed by atoms with Gasteiger partial charge in [-0.1, -0.05) is 24.3 Å². The first kappa shape index (κ1) is 16.8. The van der Waals surface area contributed by atoms with E-state index in [1.54, 1.807) is 24.1 Å². The predicted octanol–water partition coefficient (Wildman–Crippen LogP) is 1.87. The zero-order valence-corrected chi connectivity index (χ0v) is 15.0. The van der Waals surface area contributed by atoms with Crippen molar-refractivity contribution in [2.45, 2.75) is 16.7 Å². The zero-order chi connectivity index (χ0) is 18.5. The SMILES string of the molecule is CN1C(=O)[C@@]2(CCN(S(=O)(=O)c3cccc(C#N)c3)C2)c2ccccc21. The first-order valence-electron chi connectivity index (χ1n) is 8.28. The first-order valence-corrected chi connectivity index (χ1v) is 9.72. The number of rotatable bonds is 2. The summed E-state index contributed by atoms with van der Waals surface area (Å²) < 4.78 is 27.4. The summed E-state index contributed by atoms with van der Waals surface area (Å²) in [6.07, 6.45) is 0.449.